The number of carbonyl (C=O) groups excluding carboxylic acids is 1. The summed E-state index contributed by atoms with van der Waals surface area (Å²) < 4.78 is 31.4. The van der Waals surface area contributed by atoms with Gasteiger partial charge < -0.3 is 4.74 Å². The first-order valence-corrected chi connectivity index (χ1v) is 6.79. The Bertz CT molecular complexity index is 321. The molecule has 0 aromatic carbocycles. The third-order valence-corrected chi connectivity index (χ3v) is 2.94. The highest BCUT2D eigenvalue weighted by Crippen LogP contribution is 2.29. The predicted molar refractivity (Wildman–Crippen MR) is 53.7 cm³/mol. The Morgan fingerprint density at radius 3 is 2.60 bits per heavy atom. The molecule has 0 N–H and O–H groups in total. The molecule has 0 bridgehead atoms. The van der Waals surface area contributed by atoms with Crippen molar-refractivity contribution in [2.24, 2.45) is 5.92 Å². The average molecular weight is 236 g/mol. The van der Waals surface area contributed by atoms with Crippen molar-refractivity contribution < 1.29 is 22.1 Å². The molecule has 0 spiro atoms. The second kappa shape index (κ2) is 4.94. The predicted octanol–water partition coefficient (Wildman–Crippen LogP) is 0.694. The lowest BCUT2D eigenvalue weighted by Gasteiger charge is -2.10. The Balaban J connectivity index is 2.42. The number of hydrogen-bond acceptors (Lipinski definition) is 5. The highest BCUT2D eigenvalue weighted by molar-refractivity contribution is 7.86. The van der Waals surface area contributed by atoms with E-state index in [-0.39, 0.29) is 18.0 Å². The van der Waals surface area contributed by atoms with Gasteiger partial charge in [-0.3, -0.25) is 8.98 Å². The molecule has 5 nitrogen and oxygen atoms in total. The van der Waals surface area contributed by atoms with Crippen LogP contribution in [0.2, 0.25) is 0 Å². The zero-order valence-corrected chi connectivity index (χ0v) is 9.75. The summed E-state index contributed by atoms with van der Waals surface area (Å²) in [6, 6.07) is 0. The van der Waals surface area contributed by atoms with E-state index in [1.807, 2.05) is 0 Å². The molecule has 88 valence electrons. The smallest absolute Gasteiger partial charge is 0.309 e. The van der Waals surface area contributed by atoms with Crippen LogP contribution in [0, 0.1) is 5.92 Å². The van der Waals surface area contributed by atoms with E-state index in [4.69, 9.17) is 8.92 Å². The molecule has 0 aliphatic heterocycles. The zero-order valence-electron chi connectivity index (χ0n) is 8.93. The van der Waals surface area contributed by atoms with Crippen LogP contribution in [0.15, 0.2) is 0 Å². The molecule has 1 fully saturated rings. The quantitative estimate of drug-likeness (QED) is 0.530. The Labute approximate surface area is 89.9 Å². The number of hydrogen-bond donors (Lipinski definition) is 0. The molecule has 1 rings (SSSR count). The molecular weight excluding hydrogens is 220 g/mol. The van der Waals surface area contributed by atoms with Crippen molar-refractivity contribution in [2.75, 3.05) is 12.9 Å². The maximum Gasteiger partial charge on any atom is 0.309 e. The normalized spacial score (nSPS) is 26.5. The van der Waals surface area contributed by atoms with Crippen molar-refractivity contribution in [3.05, 3.63) is 0 Å². The van der Waals surface area contributed by atoms with Gasteiger partial charge in [-0.1, -0.05) is 0 Å². The van der Waals surface area contributed by atoms with Crippen LogP contribution in [0.5, 0.6) is 0 Å². The Morgan fingerprint density at radius 1 is 1.40 bits per heavy atom. The Hall–Kier alpha value is -0.620. The molecular formula is C9H16O5S. The maximum absolute atomic E-state index is 11.3. The largest absolute Gasteiger partial charge is 0.466 e. The summed E-state index contributed by atoms with van der Waals surface area (Å²) in [6.07, 6.45) is 2.32. The molecule has 1 saturated carbocycles. The van der Waals surface area contributed by atoms with Gasteiger partial charge >= 0.3 is 5.97 Å². The van der Waals surface area contributed by atoms with Gasteiger partial charge in [0.05, 0.1) is 24.9 Å². The summed E-state index contributed by atoms with van der Waals surface area (Å²) in [6.45, 7) is 2.10. The van der Waals surface area contributed by atoms with Gasteiger partial charge in [-0.25, -0.2) is 0 Å². The molecule has 2 unspecified atom stereocenters. The maximum atomic E-state index is 11.3. The van der Waals surface area contributed by atoms with Crippen molar-refractivity contribution in [3.63, 3.8) is 0 Å². The standard InChI is InChI=1S/C9H16O5S/c1-3-13-9(10)7-4-5-8(6-7)14-15(2,11)12/h7-8H,3-6H2,1-2H3. The summed E-state index contributed by atoms with van der Waals surface area (Å²) >= 11 is 0. The first kappa shape index (κ1) is 12.4. The highest BCUT2D eigenvalue weighted by Gasteiger charge is 2.33. The second-order valence-electron chi connectivity index (χ2n) is 3.68. The van der Waals surface area contributed by atoms with Gasteiger partial charge in [0.1, 0.15) is 0 Å². The van der Waals surface area contributed by atoms with Crippen LogP contribution in [0.3, 0.4) is 0 Å². The fraction of sp³-hybridized carbons (Fsp3) is 0.889. The molecule has 0 aromatic heterocycles. The van der Waals surface area contributed by atoms with Gasteiger partial charge in [0.25, 0.3) is 10.1 Å². The van der Waals surface area contributed by atoms with Gasteiger partial charge in [-0.15, -0.1) is 0 Å². The van der Waals surface area contributed by atoms with Gasteiger partial charge in [0, 0.05) is 0 Å². The number of rotatable bonds is 4. The van der Waals surface area contributed by atoms with Crippen LogP contribution >= 0.6 is 0 Å². The Morgan fingerprint density at radius 2 is 2.07 bits per heavy atom. The van der Waals surface area contributed by atoms with Gasteiger partial charge in [0.15, 0.2) is 0 Å². The molecule has 0 amide bonds. The molecule has 6 heteroatoms. The number of ether oxygens (including phenoxy) is 1. The van der Waals surface area contributed by atoms with E-state index in [0.717, 1.165) is 6.26 Å². The van der Waals surface area contributed by atoms with Crippen LogP contribution in [0.25, 0.3) is 0 Å². The van der Waals surface area contributed by atoms with Crippen molar-refractivity contribution >= 4 is 16.1 Å². The third-order valence-electron chi connectivity index (χ3n) is 2.32. The van der Waals surface area contributed by atoms with Crippen molar-refractivity contribution in [2.45, 2.75) is 32.3 Å². The fourth-order valence-electron chi connectivity index (χ4n) is 1.75. The minimum atomic E-state index is -3.42. The monoisotopic (exact) mass is 236 g/mol. The van der Waals surface area contributed by atoms with Crippen LogP contribution in [0.4, 0.5) is 0 Å². The van der Waals surface area contributed by atoms with E-state index in [1.165, 1.54) is 0 Å². The zero-order chi connectivity index (χ0) is 11.5. The minimum absolute atomic E-state index is 0.211. The highest BCUT2D eigenvalue weighted by atomic mass is 32.2. The van der Waals surface area contributed by atoms with Gasteiger partial charge in [-0.05, 0) is 26.2 Å². The summed E-state index contributed by atoms with van der Waals surface area (Å²) in [5.41, 5.74) is 0. The van der Waals surface area contributed by atoms with Gasteiger partial charge in [-0.2, -0.15) is 8.42 Å². The van der Waals surface area contributed by atoms with E-state index in [2.05, 4.69) is 0 Å². The van der Waals surface area contributed by atoms with E-state index in [1.54, 1.807) is 6.92 Å². The lowest BCUT2D eigenvalue weighted by molar-refractivity contribution is -0.147. The average Bonchev–Trinajstić information content (AvgIpc) is 2.50. The number of carbonyl (C=O) groups is 1. The minimum Gasteiger partial charge on any atom is -0.466 e. The topological polar surface area (TPSA) is 69.7 Å². The lowest BCUT2D eigenvalue weighted by atomic mass is 10.1. The van der Waals surface area contributed by atoms with E-state index >= 15 is 0 Å². The SMILES string of the molecule is CCOC(=O)C1CCC(OS(C)(=O)=O)C1. The molecule has 0 aromatic rings. The van der Waals surface area contributed by atoms with Crippen molar-refractivity contribution in [1.29, 1.82) is 0 Å². The number of esters is 1. The summed E-state index contributed by atoms with van der Waals surface area (Å²) in [4.78, 5) is 11.3. The van der Waals surface area contributed by atoms with Crippen molar-refractivity contribution in [3.8, 4) is 0 Å². The molecule has 15 heavy (non-hydrogen) atoms. The van der Waals surface area contributed by atoms with E-state index in [0.29, 0.717) is 25.9 Å². The molecule has 2 atom stereocenters. The fourth-order valence-corrected chi connectivity index (χ4v) is 2.42. The van der Waals surface area contributed by atoms with Crippen molar-refractivity contribution in [1.82, 2.24) is 0 Å². The summed E-state index contributed by atoms with van der Waals surface area (Å²) in [7, 11) is -3.42. The Kier molecular flexibility index (Phi) is 4.10. The first-order chi connectivity index (χ1) is 6.92. The van der Waals surface area contributed by atoms with Gasteiger partial charge in [0.2, 0.25) is 0 Å². The molecule has 0 radical (unpaired) electrons. The lowest BCUT2D eigenvalue weighted by Crippen LogP contribution is -2.18. The molecule has 1 aliphatic carbocycles. The first-order valence-electron chi connectivity index (χ1n) is 4.97. The summed E-state index contributed by atoms with van der Waals surface area (Å²) in [5, 5.41) is 0. The van der Waals surface area contributed by atoms with Crippen LogP contribution in [0.1, 0.15) is 26.2 Å². The van der Waals surface area contributed by atoms with E-state index < -0.39 is 10.1 Å². The van der Waals surface area contributed by atoms with E-state index in [9.17, 15) is 13.2 Å². The molecule has 0 heterocycles. The summed E-state index contributed by atoms with van der Waals surface area (Å²) in [5.74, 6) is -0.464. The second-order valence-corrected chi connectivity index (χ2v) is 5.29. The third kappa shape index (κ3) is 4.17. The van der Waals surface area contributed by atoms with Crippen LogP contribution in [-0.4, -0.2) is 33.4 Å². The van der Waals surface area contributed by atoms with Crippen LogP contribution in [-0.2, 0) is 23.8 Å². The molecule has 0 saturated heterocycles. The van der Waals surface area contributed by atoms with Crippen LogP contribution < -0.4 is 0 Å². The molecule has 1 aliphatic rings.